The summed E-state index contributed by atoms with van der Waals surface area (Å²) in [5, 5.41) is 20.7. The summed E-state index contributed by atoms with van der Waals surface area (Å²) in [5.41, 5.74) is 1.77. The van der Waals surface area contributed by atoms with E-state index in [1.165, 1.54) is 16.8 Å². The fraction of sp³-hybridized carbons (Fsp3) is 0. The van der Waals surface area contributed by atoms with Gasteiger partial charge in [-0.05, 0) is 54.2 Å². The number of hydrogen-bond donors (Lipinski definition) is 2. The molecule has 0 aliphatic heterocycles. The zero-order valence-corrected chi connectivity index (χ0v) is 13.8. The molecule has 0 saturated carbocycles. The van der Waals surface area contributed by atoms with Crippen molar-refractivity contribution >= 4 is 36.0 Å². The molecule has 3 aromatic rings. The van der Waals surface area contributed by atoms with Crippen LogP contribution in [0.4, 0.5) is 0 Å². The van der Waals surface area contributed by atoms with Crippen molar-refractivity contribution in [3.8, 4) is 11.4 Å². The minimum atomic E-state index is -0.972. The lowest BCUT2D eigenvalue weighted by molar-refractivity contribution is 0.0697. The van der Waals surface area contributed by atoms with E-state index in [2.05, 4.69) is 15.3 Å². The van der Waals surface area contributed by atoms with Crippen molar-refractivity contribution in [2.24, 2.45) is 5.10 Å². The van der Waals surface area contributed by atoms with E-state index in [-0.39, 0.29) is 5.56 Å². The minimum Gasteiger partial charge on any atom is -0.478 e. The second-order valence-corrected chi connectivity index (χ2v) is 5.67. The van der Waals surface area contributed by atoms with Crippen molar-refractivity contribution in [2.75, 3.05) is 0 Å². The third-order valence-corrected chi connectivity index (χ3v) is 3.75. The molecular formula is C16H11ClN4O2S. The van der Waals surface area contributed by atoms with Crippen molar-refractivity contribution in [3.05, 3.63) is 69.5 Å². The highest BCUT2D eigenvalue weighted by Crippen LogP contribution is 2.19. The SMILES string of the molecule is O=C(O)c1ccc(/C=N\n2c(-c3ccc(Cl)cc3)n[nH]c2=S)cc1. The van der Waals surface area contributed by atoms with Crippen LogP contribution < -0.4 is 0 Å². The number of benzene rings is 2. The van der Waals surface area contributed by atoms with Crippen LogP contribution in [0.15, 0.2) is 53.6 Å². The summed E-state index contributed by atoms with van der Waals surface area (Å²) >= 11 is 11.1. The highest BCUT2D eigenvalue weighted by Gasteiger charge is 2.08. The molecule has 0 atom stereocenters. The van der Waals surface area contributed by atoms with Crippen molar-refractivity contribution in [1.29, 1.82) is 0 Å². The molecule has 6 nitrogen and oxygen atoms in total. The molecule has 1 aromatic heterocycles. The van der Waals surface area contributed by atoms with Gasteiger partial charge in [-0.25, -0.2) is 9.89 Å². The second-order valence-electron chi connectivity index (χ2n) is 4.84. The molecular weight excluding hydrogens is 348 g/mol. The van der Waals surface area contributed by atoms with Crippen molar-refractivity contribution in [3.63, 3.8) is 0 Å². The normalized spacial score (nSPS) is 11.0. The summed E-state index contributed by atoms with van der Waals surface area (Å²) in [7, 11) is 0. The predicted octanol–water partition coefficient (Wildman–Crippen LogP) is 3.84. The van der Waals surface area contributed by atoms with Crippen LogP contribution >= 0.6 is 23.8 Å². The Labute approximate surface area is 147 Å². The molecule has 0 saturated heterocycles. The molecule has 0 bridgehead atoms. The molecule has 0 spiro atoms. The highest BCUT2D eigenvalue weighted by molar-refractivity contribution is 7.71. The third kappa shape index (κ3) is 3.42. The Kier molecular flexibility index (Phi) is 4.54. The third-order valence-electron chi connectivity index (χ3n) is 3.23. The van der Waals surface area contributed by atoms with Gasteiger partial charge in [-0.3, -0.25) is 0 Å². The van der Waals surface area contributed by atoms with E-state index < -0.39 is 5.97 Å². The fourth-order valence-electron chi connectivity index (χ4n) is 2.02. The number of aromatic nitrogens is 3. The Morgan fingerprint density at radius 2 is 1.88 bits per heavy atom. The number of aromatic amines is 1. The van der Waals surface area contributed by atoms with Crippen molar-refractivity contribution in [2.45, 2.75) is 0 Å². The standard InChI is InChI=1S/C16H11ClN4O2S/c17-13-7-5-11(6-8-13)14-19-20-16(24)21(14)18-9-10-1-3-12(4-2-10)15(22)23/h1-9H,(H,20,24)(H,22,23)/b18-9-. The van der Waals surface area contributed by atoms with Crippen molar-refractivity contribution < 1.29 is 9.90 Å². The number of halogens is 1. The summed E-state index contributed by atoms with van der Waals surface area (Å²) in [4.78, 5) is 10.9. The van der Waals surface area contributed by atoms with Crippen LogP contribution in [-0.2, 0) is 0 Å². The molecule has 0 amide bonds. The number of H-pyrrole nitrogens is 1. The number of hydrogen-bond acceptors (Lipinski definition) is 4. The van der Waals surface area contributed by atoms with Gasteiger partial charge >= 0.3 is 5.97 Å². The van der Waals surface area contributed by atoms with Crippen LogP contribution in [0.1, 0.15) is 15.9 Å². The molecule has 120 valence electrons. The molecule has 0 aliphatic carbocycles. The monoisotopic (exact) mass is 358 g/mol. The number of nitrogens with zero attached hydrogens (tertiary/aromatic N) is 3. The van der Waals surface area contributed by atoms with Crippen LogP contribution in [0.25, 0.3) is 11.4 Å². The number of carboxylic acid groups (broad SMARTS) is 1. The second kappa shape index (κ2) is 6.77. The van der Waals surface area contributed by atoms with Gasteiger partial charge in [0.25, 0.3) is 0 Å². The van der Waals surface area contributed by atoms with Gasteiger partial charge in [-0.2, -0.15) is 14.9 Å². The quantitative estimate of drug-likeness (QED) is 0.548. The van der Waals surface area contributed by atoms with Crippen LogP contribution in [0.2, 0.25) is 5.02 Å². The van der Waals surface area contributed by atoms with Gasteiger partial charge in [-0.15, -0.1) is 0 Å². The summed E-state index contributed by atoms with van der Waals surface area (Å²) in [6.07, 6.45) is 1.58. The zero-order valence-electron chi connectivity index (χ0n) is 12.2. The molecule has 3 rings (SSSR count). The van der Waals surface area contributed by atoms with Crippen LogP contribution in [0.3, 0.4) is 0 Å². The molecule has 24 heavy (non-hydrogen) atoms. The van der Waals surface area contributed by atoms with Crippen LogP contribution in [-0.4, -0.2) is 32.2 Å². The van der Waals surface area contributed by atoms with Gasteiger partial charge in [0, 0.05) is 10.6 Å². The average Bonchev–Trinajstić information content (AvgIpc) is 2.95. The van der Waals surface area contributed by atoms with E-state index >= 15 is 0 Å². The average molecular weight is 359 g/mol. The summed E-state index contributed by atoms with van der Waals surface area (Å²) in [6, 6.07) is 13.5. The zero-order chi connectivity index (χ0) is 17.1. The van der Waals surface area contributed by atoms with Gasteiger partial charge in [0.15, 0.2) is 5.82 Å². The Morgan fingerprint density at radius 1 is 1.21 bits per heavy atom. The maximum Gasteiger partial charge on any atom is 0.335 e. The van der Waals surface area contributed by atoms with Crippen LogP contribution in [0.5, 0.6) is 0 Å². The van der Waals surface area contributed by atoms with Gasteiger partial charge in [-0.1, -0.05) is 23.7 Å². The Bertz CT molecular complexity index is 959. The van der Waals surface area contributed by atoms with Gasteiger partial charge in [0.1, 0.15) is 0 Å². The molecule has 0 fully saturated rings. The van der Waals surface area contributed by atoms with E-state index in [4.69, 9.17) is 28.9 Å². The lowest BCUT2D eigenvalue weighted by Gasteiger charge is -2.01. The van der Waals surface area contributed by atoms with Gasteiger partial charge < -0.3 is 5.11 Å². The Morgan fingerprint density at radius 3 is 2.50 bits per heavy atom. The lowest BCUT2D eigenvalue weighted by Crippen LogP contribution is -1.97. The smallest absolute Gasteiger partial charge is 0.335 e. The topological polar surface area (TPSA) is 83.3 Å². The number of carbonyl (C=O) groups is 1. The fourth-order valence-corrected chi connectivity index (χ4v) is 2.33. The molecule has 0 aliphatic rings. The minimum absolute atomic E-state index is 0.217. The number of nitrogens with one attached hydrogen (secondary N) is 1. The first-order valence-corrected chi connectivity index (χ1v) is 7.64. The van der Waals surface area contributed by atoms with E-state index in [0.717, 1.165) is 11.1 Å². The Balaban J connectivity index is 1.92. The Hall–Kier alpha value is -2.77. The van der Waals surface area contributed by atoms with E-state index in [1.807, 2.05) is 12.1 Å². The predicted molar refractivity (Wildman–Crippen MR) is 94.3 cm³/mol. The summed E-state index contributed by atoms with van der Waals surface area (Å²) in [5.74, 6) is -0.421. The first-order chi connectivity index (χ1) is 11.5. The van der Waals surface area contributed by atoms with E-state index in [1.54, 1.807) is 30.5 Å². The molecule has 2 N–H and O–H groups in total. The van der Waals surface area contributed by atoms with Gasteiger partial charge in [0.05, 0.1) is 11.8 Å². The summed E-state index contributed by atoms with van der Waals surface area (Å²) < 4.78 is 1.84. The largest absolute Gasteiger partial charge is 0.478 e. The molecule has 1 heterocycles. The maximum atomic E-state index is 10.9. The van der Waals surface area contributed by atoms with E-state index in [9.17, 15) is 4.79 Å². The maximum absolute atomic E-state index is 10.9. The number of rotatable bonds is 4. The lowest BCUT2D eigenvalue weighted by atomic mass is 10.1. The molecule has 2 aromatic carbocycles. The summed E-state index contributed by atoms with van der Waals surface area (Å²) in [6.45, 7) is 0. The number of carboxylic acids is 1. The molecule has 0 radical (unpaired) electrons. The highest BCUT2D eigenvalue weighted by atomic mass is 35.5. The van der Waals surface area contributed by atoms with Crippen LogP contribution in [0, 0.1) is 4.77 Å². The molecule has 0 unspecified atom stereocenters. The van der Waals surface area contributed by atoms with E-state index in [0.29, 0.717) is 15.6 Å². The first-order valence-electron chi connectivity index (χ1n) is 6.85. The van der Waals surface area contributed by atoms with Crippen molar-refractivity contribution in [1.82, 2.24) is 14.9 Å². The molecule has 8 heteroatoms. The first kappa shape index (κ1) is 16.1. The van der Waals surface area contributed by atoms with Gasteiger partial charge in [0.2, 0.25) is 4.77 Å². The number of aromatic carboxylic acids is 1.